The van der Waals surface area contributed by atoms with E-state index in [-0.39, 0.29) is 0 Å². The van der Waals surface area contributed by atoms with E-state index in [2.05, 4.69) is 30.6 Å². The van der Waals surface area contributed by atoms with Crippen LogP contribution in [0.15, 0.2) is 36.6 Å². The third-order valence-electron chi connectivity index (χ3n) is 1.58. The first-order valence-electron chi connectivity index (χ1n) is 3.88. The molecule has 0 aliphatic rings. The normalized spacial score (nSPS) is 10.0. The molecule has 1 nitrogen and oxygen atoms in total. The Bertz CT molecular complexity index is 166. The zero-order valence-electron chi connectivity index (χ0n) is 7.48. The molecule has 0 unspecified atom stereocenters. The summed E-state index contributed by atoms with van der Waals surface area (Å²) in [4.78, 5) is 0. The first-order valence-corrected chi connectivity index (χ1v) is 3.88. The fourth-order valence-corrected chi connectivity index (χ4v) is 0.752. The quantitative estimate of drug-likeness (QED) is 0.470. The van der Waals surface area contributed by atoms with Gasteiger partial charge in [-0.15, -0.1) is 0 Å². The Hall–Kier alpha value is -0.980. The molecule has 0 aromatic rings. The summed E-state index contributed by atoms with van der Waals surface area (Å²) in [6.45, 7) is 9.74. The molecule has 0 atom stereocenters. The Morgan fingerprint density at radius 3 is 2.55 bits per heavy atom. The van der Waals surface area contributed by atoms with Crippen LogP contribution in [0.25, 0.3) is 0 Å². The molecule has 0 rings (SSSR count). The van der Waals surface area contributed by atoms with Gasteiger partial charge in [-0.1, -0.05) is 25.3 Å². The second kappa shape index (κ2) is 5.78. The highest BCUT2D eigenvalue weighted by atomic mass is 14.8. The third kappa shape index (κ3) is 4.43. The number of hydrogen-bond donors (Lipinski definition) is 1. The van der Waals surface area contributed by atoms with Crippen molar-refractivity contribution in [1.82, 2.24) is 5.32 Å². The Morgan fingerprint density at radius 1 is 1.45 bits per heavy atom. The topological polar surface area (TPSA) is 12.0 Å². The first kappa shape index (κ1) is 10.0. The molecule has 1 N–H and O–H groups in total. The Morgan fingerprint density at radius 2 is 2.09 bits per heavy atom. The summed E-state index contributed by atoms with van der Waals surface area (Å²) >= 11 is 0. The molecule has 0 aromatic heterocycles. The molecule has 0 saturated carbocycles. The van der Waals surface area contributed by atoms with Crippen LogP contribution in [0.1, 0.15) is 19.8 Å². The maximum absolute atomic E-state index is 3.90. The van der Waals surface area contributed by atoms with Gasteiger partial charge < -0.3 is 5.32 Å². The number of likely N-dealkylation sites (N-methyl/N-ethyl adjacent to an activating group) is 1. The minimum Gasteiger partial charge on any atom is -0.388 e. The van der Waals surface area contributed by atoms with Crippen LogP contribution < -0.4 is 5.32 Å². The molecule has 0 fully saturated rings. The van der Waals surface area contributed by atoms with Crippen LogP contribution in [-0.2, 0) is 0 Å². The molecule has 0 amide bonds. The monoisotopic (exact) mass is 151 g/mol. The lowest BCUT2D eigenvalue weighted by Crippen LogP contribution is -2.05. The smallest absolute Gasteiger partial charge is 0.0291 e. The van der Waals surface area contributed by atoms with Crippen LogP contribution in [0, 0.1) is 0 Å². The van der Waals surface area contributed by atoms with E-state index < -0.39 is 0 Å². The summed E-state index contributed by atoms with van der Waals surface area (Å²) in [5, 5.41) is 2.97. The van der Waals surface area contributed by atoms with E-state index in [0.29, 0.717) is 0 Å². The number of rotatable bonds is 5. The molecule has 0 spiro atoms. The largest absolute Gasteiger partial charge is 0.388 e. The van der Waals surface area contributed by atoms with Crippen molar-refractivity contribution in [3.63, 3.8) is 0 Å². The Balaban J connectivity index is 3.61. The van der Waals surface area contributed by atoms with Crippen LogP contribution >= 0.6 is 0 Å². The van der Waals surface area contributed by atoms with Crippen LogP contribution in [0.2, 0.25) is 0 Å². The summed E-state index contributed by atoms with van der Waals surface area (Å²) in [5.41, 5.74) is 2.03. The lowest BCUT2D eigenvalue weighted by atomic mass is 10.1. The lowest BCUT2D eigenvalue weighted by Gasteiger charge is -2.05. The molecular formula is C10H17N. The Labute approximate surface area is 69.5 Å². The number of allylic oxidation sites excluding steroid dienone is 3. The molecule has 1 heteroatoms. The van der Waals surface area contributed by atoms with E-state index in [4.69, 9.17) is 0 Å². The summed E-state index contributed by atoms with van der Waals surface area (Å²) in [5.74, 6) is 0. The predicted octanol–water partition coefficient (Wildman–Crippen LogP) is 2.63. The molecule has 0 saturated heterocycles. The van der Waals surface area contributed by atoms with Crippen LogP contribution in [0.3, 0.4) is 0 Å². The van der Waals surface area contributed by atoms with E-state index in [1.807, 2.05) is 14.0 Å². The minimum absolute atomic E-state index is 0.939. The fourth-order valence-electron chi connectivity index (χ4n) is 0.752. The molecule has 0 radical (unpaired) electrons. The van der Waals surface area contributed by atoms with Crippen molar-refractivity contribution in [1.29, 1.82) is 0 Å². The van der Waals surface area contributed by atoms with Crippen molar-refractivity contribution < 1.29 is 0 Å². The maximum Gasteiger partial charge on any atom is 0.0291 e. The van der Waals surface area contributed by atoms with Gasteiger partial charge in [-0.2, -0.15) is 0 Å². The van der Waals surface area contributed by atoms with Gasteiger partial charge in [0.15, 0.2) is 0 Å². The fraction of sp³-hybridized carbons (Fsp3) is 0.400. The van der Waals surface area contributed by atoms with Gasteiger partial charge in [-0.3, -0.25) is 0 Å². The van der Waals surface area contributed by atoms with E-state index in [1.165, 1.54) is 0 Å². The zero-order chi connectivity index (χ0) is 8.69. The van der Waals surface area contributed by atoms with Crippen molar-refractivity contribution in [2.75, 3.05) is 7.05 Å². The van der Waals surface area contributed by atoms with E-state index in [1.54, 1.807) is 0 Å². The van der Waals surface area contributed by atoms with Gasteiger partial charge in [0.25, 0.3) is 0 Å². The van der Waals surface area contributed by atoms with Crippen molar-refractivity contribution >= 4 is 0 Å². The summed E-state index contributed by atoms with van der Waals surface area (Å²) < 4.78 is 0. The highest BCUT2D eigenvalue weighted by Crippen LogP contribution is 2.08. The van der Waals surface area contributed by atoms with Crippen molar-refractivity contribution in [3.8, 4) is 0 Å². The van der Waals surface area contributed by atoms with Crippen LogP contribution in [0.5, 0.6) is 0 Å². The van der Waals surface area contributed by atoms with E-state index >= 15 is 0 Å². The second-order valence-corrected chi connectivity index (χ2v) is 2.44. The highest BCUT2D eigenvalue weighted by Gasteiger charge is 1.94. The standard InChI is InChI=1S/C10H17N/c1-5-6-7-8-9(2)10(3)11-4/h5-6,11H,2-3,7-8H2,1,4H3/b6-5-. The molecule has 0 heterocycles. The summed E-state index contributed by atoms with van der Waals surface area (Å²) in [6.07, 6.45) is 6.23. The van der Waals surface area contributed by atoms with Gasteiger partial charge in [0, 0.05) is 12.7 Å². The maximum atomic E-state index is 3.90. The number of hydrogen-bond acceptors (Lipinski definition) is 1. The molecule has 0 aliphatic carbocycles. The lowest BCUT2D eigenvalue weighted by molar-refractivity contribution is 0.920. The second-order valence-electron chi connectivity index (χ2n) is 2.44. The van der Waals surface area contributed by atoms with Gasteiger partial charge >= 0.3 is 0 Å². The van der Waals surface area contributed by atoms with Crippen molar-refractivity contribution in [2.24, 2.45) is 0 Å². The van der Waals surface area contributed by atoms with E-state index in [0.717, 1.165) is 24.1 Å². The van der Waals surface area contributed by atoms with Gasteiger partial charge in [0.1, 0.15) is 0 Å². The molecular weight excluding hydrogens is 134 g/mol. The SMILES string of the molecule is C=C(CC/C=C\C)C(=C)NC. The molecule has 11 heavy (non-hydrogen) atoms. The molecule has 0 bridgehead atoms. The van der Waals surface area contributed by atoms with Crippen molar-refractivity contribution in [3.05, 3.63) is 36.6 Å². The number of nitrogens with one attached hydrogen (secondary N) is 1. The predicted molar refractivity (Wildman–Crippen MR) is 51.4 cm³/mol. The van der Waals surface area contributed by atoms with Gasteiger partial charge in [-0.05, 0) is 25.3 Å². The summed E-state index contributed by atoms with van der Waals surface area (Å²) in [7, 11) is 1.86. The first-order chi connectivity index (χ1) is 5.22. The highest BCUT2D eigenvalue weighted by molar-refractivity contribution is 5.23. The third-order valence-corrected chi connectivity index (χ3v) is 1.58. The van der Waals surface area contributed by atoms with Gasteiger partial charge in [0.2, 0.25) is 0 Å². The van der Waals surface area contributed by atoms with Crippen LogP contribution in [-0.4, -0.2) is 7.05 Å². The molecule has 0 aliphatic heterocycles. The van der Waals surface area contributed by atoms with Gasteiger partial charge in [0.05, 0.1) is 0 Å². The van der Waals surface area contributed by atoms with E-state index in [9.17, 15) is 0 Å². The zero-order valence-corrected chi connectivity index (χ0v) is 7.48. The average molecular weight is 151 g/mol. The van der Waals surface area contributed by atoms with Crippen molar-refractivity contribution in [2.45, 2.75) is 19.8 Å². The Kier molecular flexibility index (Phi) is 5.26. The summed E-state index contributed by atoms with van der Waals surface area (Å²) in [6, 6.07) is 0. The minimum atomic E-state index is 0.939. The van der Waals surface area contributed by atoms with Crippen LogP contribution in [0.4, 0.5) is 0 Å². The van der Waals surface area contributed by atoms with Gasteiger partial charge in [-0.25, -0.2) is 0 Å². The molecule has 0 aromatic carbocycles. The average Bonchev–Trinajstić information content (AvgIpc) is 2.03. The molecule has 62 valence electrons.